The molecule has 0 bridgehead atoms. The number of nitrogens with zero attached hydrogens (tertiary/aromatic N) is 5. The van der Waals surface area contributed by atoms with Crippen molar-refractivity contribution in [3.8, 4) is 0 Å². The maximum atomic E-state index is 12.8. The van der Waals surface area contributed by atoms with E-state index in [9.17, 15) is 9.59 Å². The van der Waals surface area contributed by atoms with E-state index in [0.29, 0.717) is 35.7 Å². The van der Waals surface area contributed by atoms with Crippen LogP contribution in [0.25, 0.3) is 11.0 Å². The van der Waals surface area contributed by atoms with Crippen LogP contribution < -0.4 is 15.5 Å². The fourth-order valence-corrected chi connectivity index (χ4v) is 4.80. The van der Waals surface area contributed by atoms with Crippen LogP contribution in [-0.2, 0) is 16.1 Å². The van der Waals surface area contributed by atoms with Crippen molar-refractivity contribution >= 4 is 57.7 Å². The lowest BCUT2D eigenvalue weighted by atomic mass is 10.1. The van der Waals surface area contributed by atoms with Crippen molar-refractivity contribution in [3.05, 3.63) is 35.5 Å². The normalized spacial score (nSPS) is 15.8. The first-order valence-electron chi connectivity index (χ1n) is 12.3. The van der Waals surface area contributed by atoms with Gasteiger partial charge in [0.2, 0.25) is 11.8 Å². The van der Waals surface area contributed by atoms with Crippen molar-refractivity contribution in [2.75, 3.05) is 35.6 Å². The lowest BCUT2D eigenvalue weighted by Gasteiger charge is -2.16. The average molecular weight is 530 g/mol. The summed E-state index contributed by atoms with van der Waals surface area (Å²) in [5, 5.41) is 13.1. The van der Waals surface area contributed by atoms with Crippen LogP contribution in [0.4, 0.5) is 11.5 Å². The van der Waals surface area contributed by atoms with Gasteiger partial charge in [0, 0.05) is 42.5 Å². The Labute approximate surface area is 220 Å². The molecule has 2 aromatic heterocycles. The van der Waals surface area contributed by atoms with E-state index in [1.165, 1.54) is 0 Å². The molecule has 192 valence electrons. The molecule has 9 nitrogen and oxygen atoms in total. The van der Waals surface area contributed by atoms with E-state index in [0.717, 1.165) is 41.3 Å². The number of fused-ring (bicyclic) bond motifs is 1. The highest BCUT2D eigenvalue weighted by Crippen LogP contribution is 2.27. The molecule has 4 rings (SSSR count). The van der Waals surface area contributed by atoms with Gasteiger partial charge in [0.25, 0.3) is 0 Å². The molecule has 1 saturated heterocycles. The summed E-state index contributed by atoms with van der Waals surface area (Å²) in [5.41, 5.74) is 1.50. The molecule has 11 heteroatoms. The first kappa shape index (κ1) is 26.2. The van der Waals surface area contributed by atoms with Crippen LogP contribution in [0.5, 0.6) is 0 Å². The summed E-state index contributed by atoms with van der Waals surface area (Å²) in [6.07, 6.45) is 2.99. The largest absolute Gasteiger partial charge is 0.369 e. The lowest BCUT2D eigenvalue weighted by molar-refractivity contribution is -0.126. The minimum absolute atomic E-state index is 0.0641. The molecule has 0 aliphatic carbocycles. The number of rotatable bonds is 11. The van der Waals surface area contributed by atoms with Crippen LogP contribution in [-0.4, -0.2) is 56.9 Å². The van der Waals surface area contributed by atoms with E-state index in [-0.39, 0.29) is 18.2 Å². The van der Waals surface area contributed by atoms with Crippen LogP contribution in [0, 0.1) is 11.8 Å². The maximum Gasteiger partial charge on any atom is 0.227 e. The summed E-state index contributed by atoms with van der Waals surface area (Å²) in [6.45, 7) is 8.44. The second-order valence-electron chi connectivity index (χ2n) is 9.26. The highest BCUT2D eigenvalue weighted by molar-refractivity contribution is 7.99. The minimum atomic E-state index is -0.395. The Morgan fingerprint density at radius 1 is 1.25 bits per heavy atom. The Kier molecular flexibility index (Phi) is 8.68. The average Bonchev–Trinajstić information content (AvgIpc) is 3.45. The van der Waals surface area contributed by atoms with E-state index in [2.05, 4.69) is 36.5 Å². The molecule has 36 heavy (non-hydrogen) atoms. The van der Waals surface area contributed by atoms with Gasteiger partial charge in [-0.3, -0.25) is 9.59 Å². The van der Waals surface area contributed by atoms with Crippen LogP contribution in [0.15, 0.2) is 35.6 Å². The summed E-state index contributed by atoms with van der Waals surface area (Å²) >= 11 is 7.57. The second kappa shape index (κ2) is 11.9. The highest BCUT2D eigenvalue weighted by Gasteiger charge is 2.35. The molecular formula is C25H32ClN7O2S. The number of thioether (sulfide) groups is 1. The SMILES string of the molecule is CCCSc1nc(NCC(C)C)c2cnn(CCNC(=O)C3CC(=O)N(c4ccc(Cl)cc4)C3)c2n1. The van der Waals surface area contributed by atoms with E-state index in [1.54, 1.807) is 51.8 Å². The summed E-state index contributed by atoms with van der Waals surface area (Å²) in [5.74, 6) is 1.61. The summed E-state index contributed by atoms with van der Waals surface area (Å²) < 4.78 is 1.80. The smallest absolute Gasteiger partial charge is 0.227 e. The van der Waals surface area contributed by atoms with E-state index < -0.39 is 5.92 Å². The van der Waals surface area contributed by atoms with Crippen LogP contribution in [0.2, 0.25) is 5.02 Å². The first-order chi connectivity index (χ1) is 17.4. The van der Waals surface area contributed by atoms with E-state index >= 15 is 0 Å². The molecule has 0 spiro atoms. The van der Waals surface area contributed by atoms with Crippen molar-refractivity contribution < 1.29 is 9.59 Å². The summed E-state index contributed by atoms with van der Waals surface area (Å²) in [6, 6.07) is 7.07. The number of hydrogen-bond donors (Lipinski definition) is 2. The van der Waals surface area contributed by atoms with Crippen LogP contribution in [0.3, 0.4) is 0 Å². The maximum absolute atomic E-state index is 12.8. The predicted octanol–water partition coefficient (Wildman–Crippen LogP) is 4.22. The Bertz CT molecular complexity index is 1220. The molecule has 2 N–H and O–H groups in total. The molecule has 3 heterocycles. The number of nitrogens with one attached hydrogen (secondary N) is 2. The molecule has 1 aliphatic heterocycles. The predicted molar refractivity (Wildman–Crippen MR) is 145 cm³/mol. The monoisotopic (exact) mass is 529 g/mol. The number of amides is 2. The quantitative estimate of drug-likeness (QED) is 0.283. The zero-order valence-corrected chi connectivity index (χ0v) is 22.4. The van der Waals surface area contributed by atoms with Gasteiger partial charge in [-0.15, -0.1) is 0 Å². The molecule has 1 fully saturated rings. The third kappa shape index (κ3) is 6.28. The highest BCUT2D eigenvalue weighted by atomic mass is 35.5. The van der Waals surface area contributed by atoms with Gasteiger partial charge >= 0.3 is 0 Å². The van der Waals surface area contributed by atoms with Gasteiger partial charge < -0.3 is 15.5 Å². The number of benzene rings is 1. The van der Waals surface area contributed by atoms with Crippen molar-refractivity contribution in [2.45, 2.75) is 45.3 Å². The van der Waals surface area contributed by atoms with Crippen molar-refractivity contribution in [3.63, 3.8) is 0 Å². The molecule has 0 radical (unpaired) electrons. The van der Waals surface area contributed by atoms with Crippen LogP contribution in [0.1, 0.15) is 33.6 Å². The lowest BCUT2D eigenvalue weighted by Crippen LogP contribution is -2.35. The van der Waals surface area contributed by atoms with Crippen molar-refractivity contribution in [1.82, 2.24) is 25.1 Å². The second-order valence-corrected chi connectivity index (χ2v) is 10.8. The third-order valence-electron chi connectivity index (χ3n) is 5.85. The fourth-order valence-electron chi connectivity index (χ4n) is 3.98. The Hall–Kier alpha value is -2.85. The first-order valence-corrected chi connectivity index (χ1v) is 13.7. The fraction of sp³-hybridized carbons (Fsp3) is 0.480. The number of aromatic nitrogens is 4. The Morgan fingerprint density at radius 3 is 2.75 bits per heavy atom. The molecular weight excluding hydrogens is 498 g/mol. The molecule has 1 atom stereocenters. The zero-order chi connectivity index (χ0) is 25.7. The Morgan fingerprint density at radius 2 is 2.03 bits per heavy atom. The molecule has 1 aliphatic rings. The van der Waals surface area contributed by atoms with Gasteiger partial charge in [-0.25, -0.2) is 14.6 Å². The number of anilines is 2. The standard InChI is InChI=1S/C25H32ClN7O2S/c1-4-11-36-25-30-22(28-13-16(2)3)20-14-29-33(23(20)31-25)10-9-27-24(35)17-12-21(34)32(15-17)19-7-5-18(26)6-8-19/h5-8,14,16-17H,4,9-13,15H2,1-3H3,(H,27,35)(H,28,30,31). The topological polar surface area (TPSA) is 105 Å². The molecule has 2 amide bonds. The van der Waals surface area contributed by atoms with Gasteiger partial charge in [0.05, 0.1) is 24.0 Å². The number of hydrogen-bond acceptors (Lipinski definition) is 7. The van der Waals surface area contributed by atoms with Gasteiger partial charge in [-0.2, -0.15) is 5.10 Å². The van der Waals surface area contributed by atoms with E-state index in [1.807, 2.05) is 0 Å². The van der Waals surface area contributed by atoms with E-state index in [4.69, 9.17) is 21.6 Å². The van der Waals surface area contributed by atoms with Gasteiger partial charge in [-0.05, 0) is 36.6 Å². The number of carbonyl (C=O) groups is 2. The van der Waals surface area contributed by atoms with Crippen molar-refractivity contribution in [2.24, 2.45) is 11.8 Å². The van der Waals surface area contributed by atoms with Crippen LogP contribution >= 0.6 is 23.4 Å². The zero-order valence-electron chi connectivity index (χ0n) is 20.8. The molecule has 3 aromatic rings. The minimum Gasteiger partial charge on any atom is -0.369 e. The molecule has 1 aromatic carbocycles. The molecule has 0 saturated carbocycles. The van der Waals surface area contributed by atoms with Gasteiger partial charge in [-0.1, -0.05) is 44.1 Å². The number of carbonyl (C=O) groups excluding carboxylic acids is 2. The molecule has 1 unspecified atom stereocenters. The third-order valence-corrected chi connectivity index (χ3v) is 7.15. The summed E-state index contributed by atoms with van der Waals surface area (Å²) in [4.78, 5) is 36.4. The van der Waals surface area contributed by atoms with Gasteiger partial charge in [0.15, 0.2) is 10.8 Å². The summed E-state index contributed by atoms with van der Waals surface area (Å²) in [7, 11) is 0. The number of halogens is 1. The van der Waals surface area contributed by atoms with Crippen molar-refractivity contribution in [1.29, 1.82) is 0 Å². The Balaban J connectivity index is 1.39. The van der Waals surface area contributed by atoms with Gasteiger partial charge in [0.1, 0.15) is 5.82 Å².